The van der Waals surface area contributed by atoms with Gasteiger partial charge >= 0.3 is 0 Å². The van der Waals surface area contributed by atoms with Crippen molar-refractivity contribution in [2.24, 2.45) is 0 Å². The van der Waals surface area contributed by atoms with Gasteiger partial charge in [-0.1, -0.05) is 60.7 Å². The maximum Gasteiger partial charge on any atom is 0.178 e. The number of rotatable bonds is 7. The Morgan fingerprint density at radius 2 is 0.571 bits per heavy atom. The van der Waals surface area contributed by atoms with Crippen molar-refractivity contribution in [2.45, 2.75) is 0 Å². The first-order valence-corrected chi connectivity index (χ1v) is 8.86. The van der Waals surface area contributed by atoms with Crippen molar-refractivity contribution in [3.05, 3.63) is 109 Å². The lowest BCUT2D eigenvalue weighted by Gasteiger charge is -2.08. The van der Waals surface area contributed by atoms with Crippen LogP contribution in [0.1, 0.15) is 0 Å². The second kappa shape index (κ2) is 8.64. The van der Waals surface area contributed by atoms with Crippen LogP contribution >= 0.6 is 0 Å². The van der Waals surface area contributed by atoms with Gasteiger partial charge in [-0.2, -0.15) is 0 Å². The van der Waals surface area contributed by atoms with Crippen LogP contribution in [-0.4, -0.2) is 0 Å². The molecule has 0 aliphatic rings. The zero-order valence-corrected chi connectivity index (χ0v) is 15.0. The average Bonchev–Trinajstić information content (AvgIpc) is 2.78. The first-order valence-electron chi connectivity index (χ1n) is 8.86. The number of para-hydroxylation sites is 2. The summed E-state index contributed by atoms with van der Waals surface area (Å²) in [5, 5.41) is 0. The van der Waals surface area contributed by atoms with Gasteiger partial charge in [-0.15, -0.1) is 0 Å². The van der Waals surface area contributed by atoms with Crippen LogP contribution in [0.25, 0.3) is 11.1 Å². The topological polar surface area (TPSA) is 36.9 Å². The molecule has 0 unspecified atom stereocenters. The van der Waals surface area contributed by atoms with Gasteiger partial charge in [0, 0.05) is 0 Å². The van der Waals surface area contributed by atoms with Crippen LogP contribution in [-0.2, 0) is 0 Å². The summed E-state index contributed by atoms with van der Waals surface area (Å²) >= 11 is 0. The molecule has 0 saturated heterocycles. The van der Waals surface area contributed by atoms with Crippen LogP contribution in [0.15, 0.2) is 109 Å². The fraction of sp³-hybridized carbons (Fsp3) is 0. The molecule has 0 aliphatic heterocycles. The molecule has 0 heterocycles. The SMILES string of the molecule is c1ccc(OOc2ccc(-c3ccc(OOc4ccccc4)cc3)cc2)cc1. The van der Waals surface area contributed by atoms with E-state index in [-0.39, 0.29) is 0 Å². The molecule has 0 radical (unpaired) electrons. The van der Waals surface area contributed by atoms with Crippen molar-refractivity contribution in [1.29, 1.82) is 0 Å². The van der Waals surface area contributed by atoms with Gasteiger partial charge < -0.3 is 0 Å². The fourth-order valence-corrected chi connectivity index (χ4v) is 2.55. The summed E-state index contributed by atoms with van der Waals surface area (Å²) in [5.41, 5.74) is 2.12. The molecule has 4 heteroatoms. The summed E-state index contributed by atoms with van der Waals surface area (Å²) in [4.78, 5) is 21.3. The average molecular weight is 370 g/mol. The van der Waals surface area contributed by atoms with Crippen molar-refractivity contribution in [3.63, 3.8) is 0 Å². The highest BCUT2D eigenvalue weighted by molar-refractivity contribution is 5.64. The predicted octanol–water partition coefficient (Wildman–Crippen LogP) is 6.10. The summed E-state index contributed by atoms with van der Waals surface area (Å²) in [7, 11) is 0. The lowest BCUT2D eigenvalue weighted by molar-refractivity contribution is -0.0999. The van der Waals surface area contributed by atoms with Crippen LogP contribution in [0.2, 0.25) is 0 Å². The molecule has 4 aromatic rings. The monoisotopic (exact) mass is 370 g/mol. The largest absolute Gasteiger partial charge is 0.290 e. The zero-order valence-electron chi connectivity index (χ0n) is 15.0. The molecule has 28 heavy (non-hydrogen) atoms. The minimum atomic E-state index is 0.629. The molecule has 0 N–H and O–H groups in total. The molecule has 4 rings (SSSR count). The lowest BCUT2D eigenvalue weighted by atomic mass is 10.1. The first-order chi connectivity index (χ1) is 13.9. The van der Waals surface area contributed by atoms with E-state index in [2.05, 4.69) is 0 Å². The van der Waals surface area contributed by atoms with Crippen LogP contribution in [0.4, 0.5) is 0 Å². The van der Waals surface area contributed by atoms with Crippen LogP contribution in [0, 0.1) is 0 Å². The highest BCUT2D eigenvalue weighted by Crippen LogP contribution is 2.25. The smallest absolute Gasteiger partial charge is 0.178 e. The maximum atomic E-state index is 5.34. The van der Waals surface area contributed by atoms with Gasteiger partial charge in [0.1, 0.15) is 0 Å². The fourth-order valence-electron chi connectivity index (χ4n) is 2.55. The molecule has 4 nitrogen and oxygen atoms in total. The summed E-state index contributed by atoms with van der Waals surface area (Å²) in [6, 6.07) is 34.1. The van der Waals surface area contributed by atoms with Gasteiger partial charge in [0.05, 0.1) is 0 Å². The molecule has 0 fully saturated rings. The summed E-state index contributed by atoms with van der Waals surface area (Å²) in [5.74, 6) is 2.56. The summed E-state index contributed by atoms with van der Waals surface area (Å²) in [6.45, 7) is 0. The Labute approximate surface area is 163 Å². The van der Waals surface area contributed by atoms with E-state index < -0.39 is 0 Å². The van der Waals surface area contributed by atoms with E-state index in [1.165, 1.54) is 0 Å². The minimum Gasteiger partial charge on any atom is -0.290 e. The van der Waals surface area contributed by atoms with Crippen molar-refractivity contribution >= 4 is 0 Å². The Hall–Kier alpha value is -3.92. The molecule has 0 atom stereocenters. The second-order valence-corrected chi connectivity index (χ2v) is 6.01. The van der Waals surface area contributed by atoms with E-state index in [0.717, 1.165) is 11.1 Å². The molecule has 0 aromatic heterocycles. The Bertz CT molecular complexity index is 897. The van der Waals surface area contributed by atoms with E-state index in [9.17, 15) is 0 Å². The molecule has 0 bridgehead atoms. The Morgan fingerprint density at radius 3 is 0.893 bits per heavy atom. The predicted molar refractivity (Wildman–Crippen MR) is 107 cm³/mol. The Kier molecular flexibility index (Phi) is 5.40. The molecule has 138 valence electrons. The molecule has 0 saturated carbocycles. The molecule has 0 spiro atoms. The van der Waals surface area contributed by atoms with Crippen LogP contribution in [0.3, 0.4) is 0 Å². The van der Waals surface area contributed by atoms with Crippen molar-refractivity contribution in [3.8, 4) is 34.1 Å². The molecule has 0 aliphatic carbocycles. The third-order valence-electron chi connectivity index (χ3n) is 4.00. The van der Waals surface area contributed by atoms with E-state index in [1.54, 1.807) is 0 Å². The molecular formula is C24H18O4. The summed E-state index contributed by atoms with van der Waals surface area (Å²) in [6.07, 6.45) is 0. The van der Waals surface area contributed by atoms with Gasteiger partial charge in [-0.25, -0.2) is 0 Å². The van der Waals surface area contributed by atoms with Crippen LogP contribution in [0.5, 0.6) is 23.0 Å². The maximum absolute atomic E-state index is 5.34. The van der Waals surface area contributed by atoms with E-state index in [4.69, 9.17) is 19.6 Å². The number of hydrogen-bond donors (Lipinski definition) is 0. The zero-order chi connectivity index (χ0) is 19.0. The third kappa shape index (κ3) is 4.62. The van der Waals surface area contributed by atoms with Crippen molar-refractivity contribution < 1.29 is 19.6 Å². The van der Waals surface area contributed by atoms with Crippen molar-refractivity contribution in [1.82, 2.24) is 0 Å². The first kappa shape index (κ1) is 17.5. The van der Waals surface area contributed by atoms with Crippen LogP contribution < -0.4 is 19.6 Å². The van der Waals surface area contributed by atoms with Crippen molar-refractivity contribution in [2.75, 3.05) is 0 Å². The van der Waals surface area contributed by atoms with Gasteiger partial charge in [-0.05, 0) is 59.7 Å². The number of hydrogen-bond acceptors (Lipinski definition) is 4. The Balaban J connectivity index is 1.34. The minimum absolute atomic E-state index is 0.629. The molecule has 0 amide bonds. The van der Waals surface area contributed by atoms with E-state index >= 15 is 0 Å². The van der Waals surface area contributed by atoms with Gasteiger partial charge in [0.2, 0.25) is 0 Å². The second-order valence-electron chi connectivity index (χ2n) is 6.01. The lowest BCUT2D eigenvalue weighted by Crippen LogP contribution is -2.00. The number of benzene rings is 4. The quantitative estimate of drug-likeness (QED) is 0.291. The molecular weight excluding hydrogens is 352 g/mol. The van der Waals surface area contributed by atoms with Gasteiger partial charge in [0.15, 0.2) is 23.0 Å². The van der Waals surface area contributed by atoms with E-state index in [1.807, 2.05) is 109 Å². The van der Waals surface area contributed by atoms with Gasteiger partial charge in [-0.3, -0.25) is 19.6 Å². The third-order valence-corrected chi connectivity index (χ3v) is 4.00. The van der Waals surface area contributed by atoms with E-state index in [0.29, 0.717) is 23.0 Å². The Morgan fingerprint density at radius 1 is 0.286 bits per heavy atom. The standard InChI is InChI=1S/C24H18O4/c1-3-7-21(8-4-1)25-27-23-15-11-19(12-16-23)20-13-17-24(18-14-20)28-26-22-9-5-2-6-10-22/h1-18H. The highest BCUT2D eigenvalue weighted by atomic mass is 17.2. The molecule has 4 aromatic carbocycles. The highest BCUT2D eigenvalue weighted by Gasteiger charge is 2.03. The summed E-state index contributed by atoms with van der Waals surface area (Å²) < 4.78 is 0. The van der Waals surface area contributed by atoms with Gasteiger partial charge in [0.25, 0.3) is 0 Å². The normalized spacial score (nSPS) is 10.1.